The van der Waals surface area contributed by atoms with E-state index in [4.69, 9.17) is 9.47 Å². The number of fused-ring (bicyclic) bond motifs is 1. The van der Waals surface area contributed by atoms with Gasteiger partial charge in [0.1, 0.15) is 0 Å². The number of sulfonamides is 1. The molecule has 1 atom stereocenters. The van der Waals surface area contributed by atoms with Crippen LogP contribution in [0.1, 0.15) is 48.5 Å². The summed E-state index contributed by atoms with van der Waals surface area (Å²) in [6.45, 7) is 6.93. The number of morpholine rings is 1. The lowest BCUT2D eigenvalue weighted by Crippen LogP contribution is -2.79. The van der Waals surface area contributed by atoms with Gasteiger partial charge in [-0.05, 0) is 38.3 Å². The molecular formula is C24H33N3O6S. The van der Waals surface area contributed by atoms with Gasteiger partial charge in [-0.1, -0.05) is 18.2 Å². The summed E-state index contributed by atoms with van der Waals surface area (Å²) >= 11 is 0. The maximum atomic E-state index is 14.0. The topological polar surface area (TPSA) is 96.5 Å². The van der Waals surface area contributed by atoms with Gasteiger partial charge in [-0.3, -0.25) is 9.59 Å². The van der Waals surface area contributed by atoms with Crippen LogP contribution in [0.3, 0.4) is 0 Å². The molecule has 4 aliphatic heterocycles. The molecule has 9 nitrogen and oxygen atoms in total. The maximum Gasteiger partial charge on any atom is 0.254 e. The van der Waals surface area contributed by atoms with Crippen molar-refractivity contribution in [1.29, 1.82) is 0 Å². The number of carbonyl (C=O) groups excluding carboxylic acids is 2. The van der Waals surface area contributed by atoms with Crippen molar-refractivity contribution in [2.45, 2.75) is 49.4 Å². The Morgan fingerprint density at radius 1 is 1.03 bits per heavy atom. The van der Waals surface area contributed by atoms with Crippen molar-refractivity contribution in [1.82, 2.24) is 14.1 Å². The minimum absolute atomic E-state index is 0.0583. The van der Waals surface area contributed by atoms with Gasteiger partial charge in [-0.25, -0.2) is 8.42 Å². The Kier molecular flexibility index (Phi) is 6.20. The molecule has 0 aromatic heterocycles. The van der Waals surface area contributed by atoms with Crippen molar-refractivity contribution in [3.63, 3.8) is 0 Å². The highest BCUT2D eigenvalue weighted by atomic mass is 32.2. The number of hydrogen-bond donors (Lipinski definition) is 0. The lowest BCUT2D eigenvalue weighted by Gasteiger charge is -2.62. The molecule has 0 bridgehead atoms. The number of carbonyl (C=O) groups is 2. The Morgan fingerprint density at radius 3 is 2.29 bits per heavy atom. The highest BCUT2D eigenvalue weighted by Gasteiger charge is 2.64. The van der Waals surface area contributed by atoms with E-state index in [1.165, 1.54) is 4.31 Å². The molecule has 0 radical (unpaired) electrons. The van der Waals surface area contributed by atoms with Crippen molar-refractivity contribution < 1.29 is 27.5 Å². The first kappa shape index (κ1) is 23.7. The summed E-state index contributed by atoms with van der Waals surface area (Å²) in [5, 5.41) is -0.480. The molecule has 1 aromatic rings. The second-order valence-corrected chi connectivity index (χ2v) is 12.2. The summed E-state index contributed by atoms with van der Waals surface area (Å²) in [4.78, 5) is 31.2. The quantitative estimate of drug-likeness (QED) is 0.625. The summed E-state index contributed by atoms with van der Waals surface area (Å²) in [6.07, 6.45) is 0.940. The van der Waals surface area contributed by atoms with Crippen LogP contribution in [0.15, 0.2) is 24.3 Å². The van der Waals surface area contributed by atoms with Gasteiger partial charge in [0.25, 0.3) is 5.91 Å². The second-order valence-electron chi connectivity index (χ2n) is 9.96. The first-order chi connectivity index (χ1) is 16.3. The van der Waals surface area contributed by atoms with Gasteiger partial charge in [0.05, 0.1) is 29.9 Å². The Balaban J connectivity index is 1.55. The van der Waals surface area contributed by atoms with E-state index in [0.717, 1.165) is 0 Å². The Labute approximate surface area is 201 Å². The molecule has 0 saturated carbocycles. The first-order valence-corrected chi connectivity index (χ1v) is 13.6. The van der Waals surface area contributed by atoms with Crippen LogP contribution in [0, 0.1) is 0 Å². The van der Waals surface area contributed by atoms with Gasteiger partial charge < -0.3 is 19.3 Å². The molecule has 4 aliphatic rings. The van der Waals surface area contributed by atoms with Crippen molar-refractivity contribution in [2.24, 2.45) is 0 Å². The summed E-state index contributed by atoms with van der Waals surface area (Å²) in [6, 6.07) is 7.10. The lowest BCUT2D eigenvalue weighted by atomic mass is 9.68. The molecule has 5 rings (SSSR count). The molecule has 3 saturated heterocycles. The van der Waals surface area contributed by atoms with Crippen LogP contribution in [0.4, 0.5) is 0 Å². The first-order valence-electron chi connectivity index (χ1n) is 12.1. The minimum atomic E-state index is -3.55. The molecule has 186 valence electrons. The van der Waals surface area contributed by atoms with Crippen molar-refractivity contribution in [3.8, 4) is 0 Å². The van der Waals surface area contributed by atoms with E-state index in [1.807, 2.05) is 32.0 Å². The summed E-state index contributed by atoms with van der Waals surface area (Å²) in [5.41, 5.74) is 0.316. The fourth-order valence-electron chi connectivity index (χ4n) is 6.05. The largest absolute Gasteiger partial charge is 0.381 e. The van der Waals surface area contributed by atoms with Gasteiger partial charge in [0.15, 0.2) is 0 Å². The van der Waals surface area contributed by atoms with Crippen LogP contribution < -0.4 is 0 Å². The van der Waals surface area contributed by atoms with E-state index in [1.54, 1.807) is 15.9 Å². The third-order valence-corrected chi connectivity index (χ3v) is 9.97. The van der Waals surface area contributed by atoms with Crippen LogP contribution in [0.5, 0.6) is 0 Å². The minimum Gasteiger partial charge on any atom is -0.381 e. The lowest BCUT2D eigenvalue weighted by molar-refractivity contribution is -0.145. The van der Waals surface area contributed by atoms with Crippen LogP contribution in [0.2, 0.25) is 0 Å². The SMILES string of the molecule is CC(C)N1C(=O)c2ccccc2C(C(=O)N2CCOCC2)C12CN(S(=O)(=O)C1CCOCC1)C2. The number of rotatable bonds is 4. The van der Waals surface area contributed by atoms with Crippen LogP contribution in [0.25, 0.3) is 0 Å². The van der Waals surface area contributed by atoms with Crippen molar-refractivity contribution in [2.75, 3.05) is 52.6 Å². The van der Waals surface area contributed by atoms with E-state index in [2.05, 4.69) is 0 Å². The molecule has 1 aromatic carbocycles. The molecule has 0 N–H and O–H groups in total. The molecule has 4 heterocycles. The van der Waals surface area contributed by atoms with E-state index in [-0.39, 0.29) is 30.9 Å². The summed E-state index contributed by atoms with van der Waals surface area (Å²) in [5.74, 6) is -0.820. The Morgan fingerprint density at radius 2 is 1.65 bits per heavy atom. The molecule has 0 aliphatic carbocycles. The zero-order chi connectivity index (χ0) is 24.1. The number of nitrogens with zero attached hydrogens (tertiary/aromatic N) is 3. The molecule has 1 unspecified atom stereocenters. The highest BCUT2D eigenvalue weighted by molar-refractivity contribution is 7.89. The smallest absolute Gasteiger partial charge is 0.254 e. The van der Waals surface area contributed by atoms with E-state index >= 15 is 0 Å². The number of ether oxygens (including phenoxy) is 2. The predicted molar refractivity (Wildman–Crippen MR) is 125 cm³/mol. The van der Waals surface area contributed by atoms with Crippen LogP contribution in [-0.4, -0.2) is 104 Å². The third-order valence-electron chi connectivity index (χ3n) is 7.67. The molecule has 34 heavy (non-hydrogen) atoms. The molecular weight excluding hydrogens is 458 g/mol. The molecule has 10 heteroatoms. The van der Waals surface area contributed by atoms with Crippen LogP contribution >= 0.6 is 0 Å². The monoisotopic (exact) mass is 491 g/mol. The maximum absolute atomic E-state index is 14.0. The number of amides is 2. The van der Waals surface area contributed by atoms with Gasteiger partial charge in [-0.15, -0.1) is 0 Å². The Bertz CT molecular complexity index is 1060. The normalized spacial score (nSPS) is 26.0. The second kappa shape index (κ2) is 8.89. The van der Waals surface area contributed by atoms with E-state index < -0.39 is 26.7 Å². The zero-order valence-corrected chi connectivity index (χ0v) is 20.6. The van der Waals surface area contributed by atoms with Gasteiger partial charge in [0, 0.05) is 51.0 Å². The van der Waals surface area contributed by atoms with Crippen molar-refractivity contribution in [3.05, 3.63) is 35.4 Å². The zero-order valence-electron chi connectivity index (χ0n) is 19.8. The Hall–Kier alpha value is -2.01. The number of hydrogen-bond acceptors (Lipinski definition) is 6. The molecule has 3 fully saturated rings. The van der Waals surface area contributed by atoms with Crippen molar-refractivity contribution >= 4 is 21.8 Å². The van der Waals surface area contributed by atoms with Gasteiger partial charge >= 0.3 is 0 Å². The standard InChI is InChI=1S/C24H33N3O6S/c1-17(2)27-22(28)20-6-4-3-5-19(20)21(23(29)25-9-13-33-14-10-25)24(27)15-26(16-24)34(30,31)18-7-11-32-12-8-18/h3-6,17-18,21H,7-16H2,1-2H3. The average molecular weight is 492 g/mol. The highest BCUT2D eigenvalue weighted by Crippen LogP contribution is 2.49. The average Bonchev–Trinajstić information content (AvgIpc) is 2.82. The fraction of sp³-hybridized carbons (Fsp3) is 0.667. The third kappa shape index (κ3) is 3.66. The molecule has 1 spiro atoms. The summed E-state index contributed by atoms with van der Waals surface area (Å²) in [7, 11) is -3.55. The van der Waals surface area contributed by atoms with E-state index in [0.29, 0.717) is 63.5 Å². The van der Waals surface area contributed by atoms with Gasteiger partial charge in [0.2, 0.25) is 15.9 Å². The summed E-state index contributed by atoms with van der Waals surface area (Å²) < 4.78 is 39.2. The molecule has 2 amide bonds. The predicted octanol–water partition coefficient (Wildman–Crippen LogP) is 1.06. The van der Waals surface area contributed by atoms with Crippen LogP contribution in [-0.2, 0) is 24.3 Å². The van der Waals surface area contributed by atoms with Gasteiger partial charge in [-0.2, -0.15) is 4.31 Å². The fourth-order valence-corrected chi connectivity index (χ4v) is 8.06. The van der Waals surface area contributed by atoms with E-state index in [9.17, 15) is 18.0 Å². The number of benzene rings is 1.